The Morgan fingerprint density at radius 2 is 1.68 bits per heavy atom. The number of pyridine rings is 1. The predicted molar refractivity (Wildman–Crippen MR) is 127 cm³/mol. The standard InChI is InChI=1S/C24H25Cl2N3O2/c1-24(2,3)31-23(30)29-12-10-28(11-13-29)22-19(18-6-4-5-7-20(18)26)14-16-8-9-17(25)15-21(16)27-22/h4-9,14-15H,10-13H2,1-3H3. The summed E-state index contributed by atoms with van der Waals surface area (Å²) in [5, 5.41) is 2.31. The van der Waals surface area contributed by atoms with Gasteiger partial charge in [0.2, 0.25) is 0 Å². The summed E-state index contributed by atoms with van der Waals surface area (Å²) in [7, 11) is 0. The molecule has 0 spiro atoms. The largest absolute Gasteiger partial charge is 0.444 e. The maximum atomic E-state index is 12.4. The van der Waals surface area contributed by atoms with Gasteiger partial charge in [0.1, 0.15) is 11.4 Å². The van der Waals surface area contributed by atoms with E-state index in [4.69, 9.17) is 32.9 Å². The Morgan fingerprint density at radius 1 is 0.968 bits per heavy atom. The molecule has 5 nitrogen and oxygen atoms in total. The van der Waals surface area contributed by atoms with Crippen molar-refractivity contribution in [2.24, 2.45) is 0 Å². The number of halogens is 2. The number of amides is 1. The summed E-state index contributed by atoms with van der Waals surface area (Å²) in [6.45, 7) is 8.05. The Labute approximate surface area is 192 Å². The van der Waals surface area contributed by atoms with Crippen LogP contribution in [0.2, 0.25) is 10.0 Å². The van der Waals surface area contributed by atoms with Crippen molar-refractivity contribution in [2.45, 2.75) is 26.4 Å². The molecule has 1 amide bonds. The highest BCUT2D eigenvalue weighted by molar-refractivity contribution is 6.33. The molecule has 1 fully saturated rings. The van der Waals surface area contributed by atoms with Gasteiger partial charge in [0.25, 0.3) is 0 Å². The maximum Gasteiger partial charge on any atom is 0.410 e. The molecule has 0 radical (unpaired) electrons. The molecule has 0 unspecified atom stereocenters. The summed E-state index contributed by atoms with van der Waals surface area (Å²) in [4.78, 5) is 21.3. The Balaban J connectivity index is 1.68. The van der Waals surface area contributed by atoms with E-state index in [9.17, 15) is 4.79 Å². The second-order valence-electron chi connectivity index (χ2n) is 8.63. The van der Waals surface area contributed by atoms with Crippen LogP contribution >= 0.6 is 23.2 Å². The molecule has 1 saturated heterocycles. The number of hydrogen-bond acceptors (Lipinski definition) is 4. The van der Waals surface area contributed by atoms with Gasteiger partial charge < -0.3 is 14.5 Å². The van der Waals surface area contributed by atoms with Crippen LogP contribution in [0.1, 0.15) is 20.8 Å². The second-order valence-corrected chi connectivity index (χ2v) is 9.47. The van der Waals surface area contributed by atoms with Crippen molar-refractivity contribution < 1.29 is 9.53 Å². The number of carbonyl (C=O) groups is 1. The van der Waals surface area contributed by atoms with Crippen molar-refractivity contribution in [3.63, 3.8) is 0 Å². The zero-order valence-electron chi connectivity index (χ0n) is 17.9. The van der Waals surface area contributed by atoms with Crippen molar-refractivity contribution in [3.05, 3.63) is 58.6 Å². The fourth-order valence-electron chi connectivity index (χ4n) is 3.68. The Morgan fingerprint density at radius 3 is 2.35 bits per heavy atom. The number of hydrogen-bond donors (Lipinski definition) is 0. The van der Waals surface area contributed by atoms with Gasteiger partial charge in [-0.25, -0.2) is 9.78 Å². The normalized spacial score (nSPS) is 14.7. The average Bonchev–Trinajstić information content (AvgIpc) is 2.72. The number of piperazine rings is 1. The van der Waals surface area contributed by atoms with Gasteiger partial charge >= 0.3 is 6.09 Å². The van der Waals surface area contributed by atoms with Gasteiger partial charge in [0, 0.05) is 52.7 Å². The highest BCUT2D eigenvalue weighted by Gasteiger charge is 2.28. The smallest absolute Gasteiger partial charge is 0.410 e. The zero-order valence-corrected chi connectivity index (χ0v) is 19.4. The van der Waals surface area contributed by atoms with Crippen LogP contribution in [-0.2, 0) is 4.74 Å². The first kappa shape index (κ1) is 21.7. The highest BCUT2D eigenvalue weighted by atomic mass is 35.5. The van der Waals surface area contributed by atoms with Gasteiger partial charge in [-0.05, 0) is 45.0 Å². The summed E-state index contributed by atoms with van der Waals surface area (Å²) >= 11 is 12.7. The van der Waals surface area contributed by atoms with E-state index >= 15 is 0 Å². The van der Waals surface area contributed by atoms with Gasteiger partial charge in [-0.2, -0.15) is 0 Å². The first-order valence-electron chi connectivity index (χ1n) is 10.3. The summed E-state index contributed by atoms with van der Waals surface area (Å²) in [5.74, 6) is 0.840. The van der Waals surface area contributed by atoms with E-state index in [1.165, 1.54) is 0 Å². The van der Waals surface area contributed by atoms with Crippen LogP contribution in [0.3, 0.4) is 0 Å². The van der Waals surface area contributed by atoms with Crippen LogP contribution in [0.25, 0.3) is 22.0 Å². The summed E-state index contributed by atoms with van der Waals surface area (Å²) in [6, 6.07) is 15.6. The Bertz CT molecular complexity index is 1120. The minimum Gasteiger partial charge on any atom is -0.444 e. The summed E-state index contributed by atoms with van der Waals surface area (Å²) in [5.41, 5.74) is 2.21. The second kappa shape index (κ2) is 8.56. The third-order valence-electron chi connectivity index (χ3n) is 5.15. The molecule has 4 rings (SSSR count). The zero-order chi connectivity index (χ0) is 22.2. The molecule has 1 aromatic heterocycles. The number of aromatic nitrogens is 1. The summed E-state index contributed by atoms with van der Waals surface area (Å²) in [6.07, 6.45) is -0.281. The quantitative estimate of drug-likeness (QED) is 0.454. The van der Waals surface area contributed by atoms with Crippen LogP contribution in [-0.4, -0.2) is 47.8 Å². The van der Waals surface area contributed by atoms with Crippen LogP contribution in [0.4, 0.5) is 10.6 Å². The van der Waals surface area contributed by atoms with Gasteiger partial charge in [0.05, 0.1) is 5.52 Å². The minimum atomic E-state index is -0.509. The molecule has 2 aromatic carbocycles. The van der Waals surface area contributed by atoms with Crippen molar-refractivity contribution in [3.8, 4) is 11.1 Å². The molecule has 0 atom stereocenters. The molecule has 1 aliphatic heterocycles. The topological polar surface area (TPSA) is 45.7 Å². The number of carbonyl (C=O) groups excluding carboxylic acids is 1. The fraction of sp³-hybridized carbons (Fsp3) is 0.333. The van der Waals surface area contributed by atoms with Crippen molar-refractivity contribution in [2.75, 3.05) is 31.1 Å². The molecule has 0 saturated carbocycles. The van der Waals surface area contributed by atoms with Crippen molar-refractivity contribution in [1.82, 2.24) is 9.88 Å². The number of benzene rings is 2. The lowest BCUT2D eigenvalue weighted by molar-refractivity contribution is 0.0240. The number of anilines is 1. The first-order chi connectivity index (χ1) is 14.7. The van der Waals surface area contributed by atoms with Crippen LogP contribution in [0.5, 0.6) is 0 Å². The first-order valence-corrected chi connectivity index (χ1v) is 11.0. The summed E-state index contributed by atoms with van der Waals surface area (Å²) < 4.78 is 5.52. The Hall–Kier alpha value is -2.50. The molecule has 0 bridgehead atoms. The number of nitrogens with zero attached hydrogens (tertiary/aromatic N) is 3. The molecule has 1 aliphatic rings. The third kappa shape index (κ3) is 4.89. The number of fused-ring (bicyclic) bond motifs is 1. The van der Waals surface area contributed by atoms with E-state index in [2.05, 4.69) is 11.0 Å². The fourth-order valence-corrected chi connectivity index (χ4v) is 4.08. The lowest BCUT2D eigenvalue weighted by Gasteiger charge is -2.37. The van der Waals surface area contributed by atoms with Crippen molar-refractivity contribution in [1.29, 1.82) is 0 Å². The van der Waals surface area contributed by atoms with E-state index < -0.39 is 5.60 Å². The molecule has 0 aliphatic carbocycles. The van der Waals surface area contributed by atoms with E-state index in [1.807, 2.05) is 63.2 Å². The highest BCUT2D eigenvalue weighted by Crippen LogP contribution is 2.37. The van der Waals surface area contributed by atoms with Gasteiger partial charge in [-0.3, -0.25) is 0 Å². The SMILES string of the molecule is CC(C)(C)OC(=O)N1CCN(c2nc3cc(Cl)ccc3cc2-c2ccccc2Cl)CC1. The average molecular weight is 458 g/mol. The lowest BCUT2D eigenvalue weighted by Crippen LogP contribution is -2.50. The molecule has 7 heteroatoms. The molecular weight excluding hydrogens is 433 g/mol. The molecular formula is C24H25Cl2N3O2. The van der Waals surface area contributed by atoms with E-state index in [0.29, 0.717) is 36.2 Å². The lowest BCUT2D eigenvalue weighted by atomic mass is 10.0. The van der Waals surface area contributed by atoms with Gasteiger partial charge in [-0.1, -0.05) is 47.5 Å². The Kier molecular flexibility index (Phi) is 6.00. The van der Waals surface area contributed by atoms with Crippen molar-refractivity contribution >= 4 is 46.0 Å². The van der Waals surface area contributed by atoms with Gasteiger partial charge in [-0.15, -0.1) is 0 Å². The monoisotopic (exact) mass is 457 g/mol. The van der Waals surface area contributed by atoms with E-state index in [1.54, 1.807) is 4.90 Å². The predicted octanol–water partition coefficient (Wildman–Crippen LogP) is 6.27. The molecule has 3 aromatic rings. The molecule has 31 heavy (non-hydrogen) atoms. The molecule has 0 N–H and O–H groups in total. The van der Waals surface area contributed by atoms with Crippen LogP contribution in [0.15, 0.2) is 48.5 Å². The van der Waals surface area contributed by atoms with Gasteiger partial charge in [0.15, 0.2) is 0 Å². The maximum absolute atomic E-state index is 12.4. The van der Waals surface area contributed by atoms with E-state index in [-0.39, 0.29) is 6.09 Å². The molecule has 162 valence electrons. The van der Waals surface area contributed by atoms with E-state index in [0.717, 1.165) is 27.8 Å². The number of rotatable bonds is 2. The number of ether oxygens (including phenoxy) is 1. The van der Waals surface area contributed by atoms with Crippen LogP contribution < -0.4 is 4.90 Å². The third-order valence-corrected chi connectivity index (χ3v) is 5.72. The minimum absolute atomic E-state index is 0.281. The van der Waals surface area contributed by atoms with Crippen LogP contribution in [0, 0.1) is 0 Å². The molecule has 2 heterocycles.